The molecule has 6 rings (SSSR count). The third-order valence-electron chi connectivity index (χ3n) is 7.07. The Kier molecular flexibility index (Phi) is 7.38. The number of aryl methyl sites for hydroxylation is 2. The lowest BCUT2D eigenvalue weighted by atomic mass is 10.1. The van der Waals surface area contributed by atoms with E-state index in [2.05, 4.69) is 5.32 Å². The van der Waals surface area contributed by atoms with Crippen LogP contribution >= 0.6 is 12.2 Å². The van der Waals surface area contributed by atoms with E-state index in [9.17, 15) is 19.7 Å². The molecule has 11 heteroatoms. The van der Waals surface area contributed by atoms with Crippen molar-refractivity contribution in [2.75, 3.05) is 4.90 Å². The minimum atomic E-state index is -0.680. The Morgan fingerprint density at radius 2 is 1.57 bits per heavy atom. The lowest BCUT2D eigenvalue weighted by molar-refractivity contribution is -0.385. The van der Waals surface area contributed by atoms with Crippen LogP contribution in [-0.4, -0.2) is 26.4 Å². The summed E-state index contributed by atoms with van der Waals surface area (Å²) in [4.78, 5) is 39.6. The number of nitro benzene ring substituents is 1. The zero-order valence-electron chi connectivity index (χ0n) is 23.5. The van der Waals surface area contributed by atoms with Crippen LogP contribution in [0.3, 0.4) is 0 Å². The van der Waals surface area contributed by atoms with Crippen molar-refractivity contribution in [3.63, 3.8) is 0 Å². The van der Waals surface area contributed by atoms with Crippen LogP contribution in [0.1, 0.15) is 11.1 Å². The van der Waals surface area contributed by atoms with Gasteiger partial charge in [-0.3, -0.25) is 29.9 Å². The number of ether oxygens (including phenoxy) is 2. The summed E-state index contributed by atoms with van der Waals surface area (Å²) in [6.45, 7) is 1.75. The number of anilines is 1. The molecule has 1 N–H and O–H groups in total. The smallest absolute Gasteiger partial charge is 0.311 e. The van der Waals surface area contributed by atoms with Gasteiger partial charge in [-0.25, -0.2) is 0 Å². The highest BCUT2D eigenvalue weighted by molar-refractivity contribution is 7.80. The predicted molar refractivity (Wildman–Crippen MR) is 170 cm³/mol. The Labute approximate surface area is 256 Å². The maximum atomic E-state index is 13.9. The first kappa shape index (κ1) is 28.3. The number of para-hydroxylation sites is 2. The molecule has 0 spiro atoms. The third kappa shape index (κ3) is 5.27. The Hall–Kier alpha value is -5.81. The fourth-order valence-electron chi connectivity index (χ4n) is 4.95. The number of nitrogens with one attached hydrogen (secondary N) is 1. The molecule has 0 unspecified atom stereocenters. The molecular weight excluding hydrogens is 580 g/mol. The first-order valence-corrected chi connectivity index (χ1v) is 13.9. The van der Waals surface area contributed by atoms with E-state index in [4.69, 9.17) is 21.7 Å². The molecule has 2 heterocycles. The van der Waals surface area contributed by atoms with E-state index < -0.39 is 16.7 Å². The number of thiocarbonyl (C=S) groups is 1. The van der Waals surface area contributed by atoms with Crippen molar-refractivity contribution >= 4 is 57.5 Å². The lowest BCUT2D eigenvalue weighted by Gasteiger charge is -2.29. The van der Waals surface area contributed by atoms with E-state index in [1.54, 1.807) is 48.9 Å². The molecule has 0 aliphatic carbocycles. The van der Waals surface area contributed by atoms with Gasteiger partial charge in [-0.05, 0) is 79.3 Å². The molecule has 10 nitrogen and oxygen atoms in total. The Morgan fingerprint density at radius 1 is 0.886 bits per heavy atom. The number of nitrogens with zero attached hydrogens (tertiary/aromatic N) is 3. The second-order valence-electron chi connectivity index (χ2n) is 9.99. The molecule has 4 aromatic carbocycles. The fraction of sp³-hybridized carbons (Fsp3) is 0.0606. The molecule has 1 fully saturated rings. The number of hydrogen-bond acceptors (Lipinski definition) is 7. The summed E-state index contributed by atoms with van der Waals surface area (Å²) in [6, 6.07) is 27.9. The van der Waals surface area contributed by atoms with Gasteiger partial charge in [0, 0.05) is 24.1 Å². The highest BCUT2D eigenvalue weighted by Gasteiger charge is 2.35. The number of carbonyl (C=O) groups is 2. The second-order valence-corrected chi connectivity index (χ2v) is 10.4. The van der Waals surface area contributed by atoms with Gasteiger partial charge in [0.05, 0.1) is 16.1 Å². The van der Waals surface area contributed by atoms with Crippen molar-refractivity contribution in [2.24, 2.45) is 7.05 Å². The monoisotopic (exact) mass is 604 g/mol. The quantitative estimate of drug-likeness (QED) is 0.0713. The van der Waals surface area contributed by atoms with Gasteiger partial charge in [0.15, 0.2) is 5.11 Å². The molecule has 218 valence electrons. The summed E-state index contributed by atoms with van der Waals surface area (Å²) in [5.41, 5.74) is 1.85. The van der Waals surface area contributed by atoms with Gasteiger partial charge in [-0.1, -0.05) is 42.5 Å². The van der Waals surface area contributed by atoms with Crippen molar-refractivity contribution in [1.29, 1.82) is 0 Å². The molecule has 44 heavy (non-hydrogen) atoms. The number of fused-ring (bicyclic) bond motifs is 1. The third-order valence-corrected chi connectivity index (χ3v) is 7.36. The zero-order valence-corrected chi connectivity index (χ0v) is 24.3. The fourth-order valence-corrected chi connectivity index (χ4v) is 5.23. The van der Waals surface area contributed by atoms with Crippen molar-refractivity contribution in [3.05, 3.63) is 124 Å². The van der Waals surface area contributed by atoms with Gasteiger partial charge in [0.25, 0.3) is 11.8 Å². The molecule has 1 saturated heterocycles. The first-order chi connectivity index (χ1) is 21.2. The van der Waals surface area contributed by atoms with Crippen LogP contribution in [0.15, 0.2) is 103 Å². The van der Waals surface area contributed by atoms with E-state index >= 15 is 0 Å². The Morgan fingerprint density at radius 3 is 2.30 bits per heavy atom. The zero-order chi connectivity index (χ0) is 31.0. The van der Waals surface area contributed by atoms with Crippen molar-refractivity contribution in [1.82, 2.24) is 9.88 Å². The van der Waals surface area contributed by atoms with Crippen molar-refractivity contribution in [3.8, 4) is 23.1 Å². The summed E-state index contributed by atoms with van der Waals surface area (Å²) in [5.74, 6) is 0.125. The van der Waals surface area contributed by atoms with E-state index in [0.717, 1.165) is 5.52 Å². The average Bonchev–Trinajstić information content (AvgIpc) is 3.27. The first-order valence-electron chi connectivity index (χ1n) is 13.5. The molecular formula is C33H24N4O6S. The van der Waals surface area contributed by atoms with Crippen LogP contribution in [0, 0.1) is 17.0 Å². The van der Waals surface area contributed by atoms with Gasteiger partial charge >= 0.3 is 5.69 Å². The number of benzene rings is 4. The van der Waals surface area contributed by atoms with E-state index in [1.165, 1.54) is 23.1 Å². The van der Waals surface area contributed by atoms with Crippen LogP contribution < -0.4 is 19.7 Å². The molecule has 0 atom stereocenters. The molecule has 2 amide bonds. The maximum Gasteiger partial charge on any atom is 0.311 e. The van der Waals surface area contributed by atoms with Gasteiger partial charge in [0.1, 0.15) is 17.1 Å². The molecule has 0 bridgehead atoms. The minimum Gasteiger partial charge on any atom is -0.457 e. The normalized spacial score (nSPS) is 14.2. The highest BCUT2D eigenvalue weighted by Crippen LogP contribution is 2.39. The van der Waals surface area contributed by atoms with Crippen molar-refractivity contribution in [2.45, 2.75) is 6.92 Å². The van der Waals surface area contributed by atoms with E-state index in [0.29, 0.717) is 33.7 Å². The van der Waals surface area contributed by atoms with E-state index in [1.807, 2.05) is 54.6 Å². The average molecular weight is 605 g/mol. The number of carbonyl (C=O) groups excluding carboxylic acids is 2. The molecule has 1 aromatic heterocycles. The largest absolute Gasteiger partial charge is 0.457 e. The molecule has 1 aliphatic rings. The molecule has 5 aromatic rings. The molecule has 1 aliphatic heterocycles. The summed E-state index contributed by atoms with van der Waals surface area (Å²) in [5, 5.41) is 15.0. The van der Waals surface area contributed by atoms with Crippen LogP contribution in [-0.2, 0) is 16.6 Å². The second kappa shape index (κ2) is 11.5. The number of hydrogen-bond donors (Lipinski definition) is 1. The number of aromatic nitrogens is 1. The number of rotatable bonds is 7. The van der Waals surface area contributed by atoms with Crippen molar-refractivity contribution < 1.29 is 24.0 Å². The maximum absolute atomic E-state index is 13.9. The Balaban J connectivity index is 1.40. The van der Waals surface area contributed by atoms with Gasteiger partial charge in [-0.2, -0.15) is 0 Å². The summed E-state index contributed by atoms with van der Waals surface area (Å²) < 4.78 is 13.7. The van der Waals surface area contributed by atoms with Crippen LogP contribution in [0.4, 0.5) is 11.4 Å². The summed E-state index contributed by atoms with van der Waals surface area (Å²) >= 11 is 5.38. The number of amides is 2. The highest BCUT2D eigenvalue weighted by atomic mass is 32.1. The van der Waals surface area contributed by atoms with Gasteiger partial charge in [0.2, 0.25) is 11.6 Å². The van der Waals surface area contributed by atoms with Crippen LogP contribution in [0.2, 0.25) is 0 Å². The Bertz CT molecular complexity index is 2000. The van der Waals surface area contributed by atoms with Crippen LogP contribution in [0.5, 0.6) is 23.1 Å². The SMILES string of the molecule is Cc1ccc(Oc2c(/C=C3\C(=O)NC(=S)N(c4ccc(Oc5ccccc5)cc4)C3=O)c3ccccc3n2C)c([N+](=O)[O-])c1. The standard InChI is InChI=1S/C33H24N4O6S/c1-20-12-17-29(28(18-20)37(40)41)43-32-25(24-10-6-7-11-27(24)35(32)2)19-26-30(38)34-33(44)36(31(26)39)21-13-15-23(16-14-21)42-22-8-4-3-5-9-22/h3-19H,1-2H3,(H,34,38,44)/b26-19+. The van der Waals surface area contributed by atoms with E-state index in [-0.39, 0.29) is 28.0 Å². The molecule has 0 saturated carbocycles. The van der Waals surface area contributed by atoms with Crippen LogP contribution in [0.25, 0.3) is 17.0 Å². The lowest BCUT2D eigenvalue weighted by Crippen LogP contribution is -2.54. The predicted octanol–water partition coefficient (Wildman–Crippen LogP) is 6.81. The van der Waals surface area contributed by atoms with Gasteiger partial charge in [-0.15, -0.1) is 0 Å². The minimum absolute atomic E-state index is 0.0196. The summed E-state index contributed by atoms with van der Waals surface area (Å²) in [7, 11) is 1.74. The van der Waals surface area contributed by atoms with Gasteiger partial charge < -0.3 is 14.0 Å². The summed E-state index contributed by atoms with van der Waals surface area (Å²) in [6.07, 6.45) is 1.43. The number of nitro groups is 1. The molecule has 0 radical (unpaired) electrons. The topological polar surface area (TPSA) is 116 Å².